The summed E-state index contributed by atoms with van der Waals surface area (Å²) in [6.07, 6.45) is 0. The molecule has 2 heterocycles. The highest BCUT2D eigenvalue weighted by Crippen LogP contribution is 2.38. The Hall–Kier alpha value is -3.66. The van der Waals surface area contributed by atoms with E-state index in [9.17, 15) is 9.59 Å². The molecular formula is C23H15NO3. The molecule has 27 heavy (non-hydrogen) atoms. The van der Waals surface area contributed by atoms with Crippen molar-refractivity contribution < 1.29 is 9.21 Å². The first-order chi connectivity index (χ1) is 13.1. The van der Waals surface area contributed by atoms with Crippen molar-refractivity contribution in [3.63, 3.8) is 0 Å². The van der Waals surface area contributed by atoms with Crippen molar-refractivity contribution in [1.29, 1.82) is 0 Å². The minimum atomic E-state index is -0.399. The Labute approximate surface area is 154 Å². The van der Waals surface area contributed by atoms with Crippen LogP contribution in [0.5, 0.6) is 0 Å². The number of ketones is 1. The maximum Gasteiger partial charge on any atom is 0.260 e. The van der Waals surface area contributed by atoms with Crippen LogP contribution in [0.3, 0.4) is 0 Å². The van der Waals surface area contributed by atoms with E-state index in [2.05, 4.69) is 4.98 Å². The third kappa shape index (κ3) is 2.23. The van der Waals surface area contributed by atoms with Crippen LogP contribution in [0.15, 0.2) is 75.9 Å². The van der Waals surface area contributed by atoms with Gasteiger partial charge in [-0.2, -0.15) is 0 Å². The lowest BCUT2D eigenvalue weighted by atomic mass is 9.97. The zero-order valence-corrected chi connectivity index (χ0v) is 14.6. The standard InChI is InChI=1S/C23H15NO3/c1-13(25)18-19(15-8-3-2-4-9-15)22-21(24-23(18)26)20-16-10-6-5-7-14(16)11-12-17(20)27-22/h2-12H,1H3,(H,24,26). The highest BCUT2D eigenvalue weighted by Gasteiger charge is 2.23. The van der Waals surface area contributed by atoms with Gasteiger partial charge in [0.2, 0.25) is 0 Å². The SMILES string of the molecule is CC(=O)c1c(-c2ccccc2)c2oc3ccc4ccccc4c3c2[nH]c1=O. The Morgan fingerprint density at radius 1 is 0.926 bits per heavy atom. The van der Waals surface area contributed by atoms with Crippen LogP contribution >= 0.6 is 0 Å². The van der Waals surface area contributed by atoms with Gasteiger partial charge in [-0.1, -0.05) is 60.7 Å². The van der Waals surface area contributed by atoms with Gasteiger partial charge in [0.05, 0.1) is 16.5 Å². The van der Waals surface area contributed by atoms with Crippen molar-refractivity contribution in [1.82, 2.24) is 4.98 Å². The first kappa shape index (κ1) is 15.6. The quantitative estimate of drug-likeness (QED) is 0.438. The number of nitrogens with one attached hydrogen (secondary N) is 1. The van der Waals surface area contributed by atoms with E-state index in [1.54, 1.807) is 0 Å². The molecule has 0 aliphatic carbocycles. The number of hydrogen-bond donors (Lipinski definition) is 1. The minimum absolute atomic E-state index is 0.122. The second-order valence-corrected chi connectivity index (χ2v) is 6.59. The van der Waals surface area contributed by atoms with E-state index >= 15 is 0 Å². The lowest BCUT2D eigenvalue weighted by Gasteiger charge is -2.07. The molecule has 0 bridgehead atoms. The van der Waals surface area contributed by atoms with Crippen molar-refractivity contribution in [2.24, 2.45) is 0 Å². The van der Waals surface area contributed by atoms with E-state index in [4.69, 9.17) is 4.42 Å². The van der Waals surface area contributed by atoms with Crippen molar-refractivity contribution >= 4 is 38.6 Å². The Kier molecular flexibility index (Phi) is 3.28. The molecule has 0 amide bonds. The number of aromatic amines is 1. The van der Waals surface area contributed by atoms with Gasteiger partial charge in [-0.3, -0.25) is 9.59 Å². The summed E-state index contributed by atoms with van der Waals surface area (Å²) < 4.78 is 6.17. The molecule has 3 aromatic carbocycles. The first-order valence-corrected chi connectivity index (χ1v) is 8.72. The lowest BCUT2D eigenvalue weighted by molar-refractivity contribution is 0.101. The monoisotopic (exact) mass is 353 g/mol. The van der Waals surface area contributed by atoms with E-state index in [-0.39, 0.29) is 11.3 Å². The molecular weight excluding hydrogens is 338 g/mol. The Morgan fingerprint density at radius 2 is 1.67 bits per heavy atom. The van der Waals surface area contributed by atoms with Gasteiger partial charge < -0.3 is 9.40 Å². The molecule has 0 spiro atoms. The summed E-state index contributed by atoms with van der Waals surface area (Å²) in [5.41, 5.74) is 2.87. The van der Waals surface area contributed by atoms with Gasteiger partial charge in [-0.15, -0.1) is 0 Å². The molecule has 0 fully saturated rings. The summed E-state index contributed by atoms with van der Waals surface area (Å²) in [5, 5.41) is 2.91. The molecule has 1 N–H and O–H groups in total. The van der Waals surface area contributed by atoms with E-state index in [1.807, 2.05) is 66.7 Å². The molecule has 0 radical (unpaired) electrons. The third-order valence-electron chi connectivity index (χ3n) is 4.94. The van der Waals surface area contributed by atoms with Crippen molar-refractivity contribution in [3.05, 3.63) is 82.6 Å². The number of carbonyl (C=O) groups excluding carboxylic acids is 1. The van der Waals surface area contributed by atoms with Gasteiger partial charge in [-0.05, 0) is 29.3 Å². The highest BCUT2D eigenvalue weighted by molar-refractivity contribution is 6.20. The zero-order chi connectivity index (χ0) is 18.5. The van der Waals surface area contributed by atoms with Gasteiger partial charge in [0.25, 0.3) is 5.56 Å². The molecule has 0 aliphatic heterocycles. The number of rotatable bonds is 2. The predicted molar refractivity (Wildman–Crippen MR) is 107 cm³/mol. The number of hydrogen-bond acceptors (Lipinski definition) is 3. The van der Waals surface area contributed by atoms with Gasteiger partial charge in [0.1, 0.15) is 5.58 Å². The zero-order valence-electron chi connectivity index (χ0n) is 14.6. The van der Waals surface area contributed by atoms with Crippen LogP contribution in [0.1, 0.15) is 17.3 Å². The molecule has 4 heteroatoms. The summed E-state index contributed by atoms with van der Waals surface area (Å²) in [5.74, 6) is -0.290. The van der Waals surface area contributed by atoms with Gasteiger partial charge in [0.15, 0.2) is 11.4 Å². The van der Waals surface area contributed by atoms with Crippen molar-refractivity contribution in [2.75, 3.05) is 0 Å². The van der Waals surface area contributed by atoms with Crippen LogP contribution in [0.25, 0.3) is 44.0 Å². The number of pyridine rings is 1. The number of furan rings is 1. The number of aromatic nitrogens is 1. The molecule has 0 saturated heterocycles. The van der Waals surface area contributed by atoms with Gasteiger partial charge >= 0.3 is 0 Å². The summed E-state index contributed by atoms with van der Waals surface area (Å²) in [6, 6.07) is 21.3. The molecule has 0 unspecified atom stereocenters. The van der Waals surface area contributed by atoms with E-state index in [0.29, 0.717) is 22.2 Å². The number of Topliss-reactive ketones (excluding diaryl/α,β-unsaturated/α-hetero) is 1. The van der Waals surface area contributed by atoms with Crippen LogP contribution in [0.2, 0.25) is 0 Å². The second kappa shape index (κ2) is 5.68. The fourth-order valence-electron chi connectivity index (χ4n) is 3.78. The highest BCUT2D eigenvalue weighted by atomic mass is 16.3. The molecule has 0 aliphatic rings. The molecule has 5 aromatic rings. The molecule has 2 aromatic heterocycles. The first-order valence-electron chi connectivity index (χ1n) is 8.72. The van der Waals surface area contributed by atoms with Gasteiger partial charge in [0, 0.05) is 5.56 Å². The topological polar surface area (TPSA) is 63.1 Å². The predicted octanol–water partition coefficient (Wildman–Crippen LogP) is 5.30. The van der Waals surface area contributed by atoms with Crippen LogP contribution in [0.4, 0.5) is 0 Å². The van der Waals surface area contributed by atoms with Crippen LogP contribution in [-0.4, -0.2) is 10.8 Å². The third-order valence-corrected chi connectivity index (χ3v) is 4.94. The molecule has 4 nitrogen and oxygen atoms in total. The van der Waals surface area contributed by atoms with Crippen LogP contribution in [0, 0.1) is 0 Å². The van der Waals surface area contributed by atoms with Crippen LogP contribution in [-0.2, 0) is 0 Å². The van der Waals surface area contributed by atoms with Gasteiger partial charge in [-0.25, -0.2) is 0 Å². The maximum absolute atomic E-state index is 12.8. The average molecular weight is 353 g/mol. The summed E-state index contributed by atoms with van der Waals surface area (Å²) >= 11 is 0. The Morgan fingerprint density at radius 3 is 2.44 bits per heavy atom. The second-order valence-electron chi connectivity index (χ2n) is 6.59. The molecule has 5 rings (SSSR count). The summed E-state index contributed by atoms with van der Waals surface area (Å²) in [7, 11) is 0. The molecule has 0 atom stereocenters. The molecule has 130 valence electrons. The lowest BCUT2D eigenvalue weighted by Crippen LogP contribution is -2.17. The van der Waals surface area contributed by atoms with Crippen LogP contribution < -0.4 is 5.56 Å². The van der Waals surface area contributed by atoms with Crippen molar-refractivity contribution in [2.45, 2.75) is 6.92 Å². The maximum atomic E-state index is 12.8. The van der Waals surface area contributed by atoms with E-state index < -0.39 is 5.56 Å². The Bertz CT molecular complexity index is 1410. The number of fused-ring (bicyclic) bond motifs is 5. The smallest absolute Gasteiger partial charge is 0.260 e. The Balaban J connectivity index is 2.06. The van der Waals surface area contributed by atoms with E-state index in [0.717, 1.165) is 21.7 Å². The average Bonchev–Trinajstić information content (AvgIpc) is 3.06. The van der Waals surface area contributed by atoms with E-state index in [1.165, 1.54) is 6.92 Å². The summed E-state index contributed by atoms with van der Waals surface area (Å²) in [4.78, 5) is 28.0. The number of carbonyl (C=O) groups is 1. The van der Waals surface area contributed by atoms with Crippen molar-refractivity contribution in [3.8, 4) is 11.1 Å². The minimum Gasteiger partial charge on any atom is -0.454 e. The fourth-order valence-corrected chi connectivity index (χ4v) is 3.78. The number of benzene rings is 3. The largest absolute Gasteiger partial charge is 0.454 e. The number of H-pyrrole nitrogens is 1. The normalized spacial score (nSPS) is 11.4. The summed E-state index contributed by atoms with van der Waals surface area (Å²) in [6.45, 7) is 1.40. The molecule has 0 saturated carbocycles. The fraction of sp³-hybridized carbons (Fsp3) is 0.0435.